The SMILES string of the molecule is CC(C)c1ccc(/C=C/C(=O)Nc2cc(-c3ccc(CO)o3)ccc2Cl)cc1. The van der Waals surface area contributed by atoms with Gasteiger partial charge in [0.1, 0.15) is 18.1 Å². The minimum absolute atomic E-state index is 0.167. The van der Waals surface area contributed by atoms with Crippen LogP contribution in [-0.2, 0) is 11.4 Å². The molecule has 1 aromatic heterocycles. The van der Waals surface area contributed by atoms with Crippen LogP contribution in [-0.4, -0.2) is 11.0 Å². The Balaban J connectivity index is 1.71. The number of anilines is 1. The second-order valence-electron chi connectivity index (χ2n) is 6.76. The number of rotatable bonds is 6. The molecule has 0 unspecified atom stereocenters. The fraction of sp³-hybridized carbons (Fsp3) is 0.174. The number of amides is 1. The van der Waals surface area contributed by atoms with Crippen molar-refractivity contribution in [3.8, 4) is 11.3 Å². The Morgan fingerprint density at radius 3 is 2.54 bits per heavy atom. The zero-order chi connectivity index (χ0) is 20.1. The first-order chi connectivity index (χ1) is 13.5. The molecule has 0 spiro atoms. The molecule has 0 bridgehead atoms. The van der Waals surface area contributed by atoms with E-state index >= 15 is 0 Å². The summed E-state index contributed by atoms with van der Waals surface area (Å²) >= 11 is 6.22. The van der Waals surface area contributed by atoms with E-state index in [9.17, 15) is 4.79 Å². The van der Waals surface area contributed by atoms with Crippen LogP contribution in [0.15, 0.2) is 65.1 Å². The lowest BCUT2D eigenvalue weighted by molar-refractivity contribution is -0.111. The molecule has 0 aliphatic carbocycles. The van der Waals surface area contributed by atoms with Crippen LogP contribution < -0.4 is 5.32 Å². The van der Waals surface area contributed by atoms with Crippen molar-refractivity contribution >= 4 is 29.3 Å². The van der Waals surface area contributed by atoms with Gasteiger partial charge in [0.15, 0.2) is 0 Å². The van der Waals surface area contributed by atoms with Gasteiger partial charge < -0.3 is 14.8 Å². The minimum Gasteiger partial charge on any atom is -0.459 e. The van der Waals surface area contributed by atoms with Crippen molar-refractivity contribution in [2.45, 2.75) is 26.4 Å². The molecule has 0 fully saturated rings. The van der Waals surface area contributed by atoms with Crippen LogP contribution in [0.1, 0.15) is 36.7 Å². The van der Waals surface area contributed by atoms with Crippen LogP contribution in [0.2, 0.25) is 5.02 Å². The average molecular weight is 396 g/mol. The number of hydrogen-bond donors (Lipinski definition) is 2. The monoisotopic (exact) mass is 395 g/mol. The molecule has 0 aliphatic rings. The van der Waals surface area contributed by atoms with E-state index in [2.05, 4.69) is 31.3 Å². The van der Waals surface area contributed by atoms with E-state index in [4.69, 9.17) is 21.1 Å². The molecule has 0 radical (unpaired) electrons. The van der Waals surface area contributed by atoms with Gasteiger partial charge in [-0.2, -0.15) is 0 Å². The molecule has 3 rings (SSSR count). The molecule has 1 amide bonds. The molecule has 0 aliphatic heterocycles. The lowest BCUT2D eigenvalue weighted by Gasteiger charge is -2.07. The summed E-state index contributed by atoms with van der Waals surface area (Å²) in [6.07, 6.45) is 3.24. The molecule has 0 atom stereocenters. The Morgan fingerprint density at radius 1 is 1.14 bits per heavy atom. The number of hydrogen-bond acceptors (Lipinski definition) is 3. The van der Waals surface area contributed by atoms with E-state index in [1.807, 2.05) is 12.1 Å². The maximum Gasteiger partial charge on any atom is 0.248 e. The molecule has 2 N–H and O–H groups in total. The summed E-state index contributed by atoms with van der Waals surface area (Å²) in [5.41, 5.74) is 3.46. The number of carbonyl (C=O) groups is 1. The fourth-order valence-electron chi connectivity index (χ4n) is 2.73. The summed E-state index contributed by atoms with van der Waals surface area (Å²) in [7, 11) is 0. The number of halogens is 1. The topological polar surface area (TPSA) is 62.5 Å². The van der Waals surface area contributed by atoms with Crippen molar-refractivity contribution in [2.24, 2.45) is 0 Å². The van der Waals surface area contributed by atoms with Gasteiger partial charge in [-0.25, -0.2) is 0 Å². The summed E-state index contributed by atoms with van der Waals surface area (Å²) in [6, 6.07) is 16.8. The Hall–Kier alpha value is -2.82. The van der Waals surface area contributed by atoms with Gasteiger partial charge >= 0.3 is 0 Å². The molecule has 0 saturated carbocycles. The van der Waals surface area contributed by atoms with Crippen LogP contribution in [0.5, 0.6) is 0 Å². The maximum absolute atomic E-state index is 12.3. The lowest BCUT2D eigenvalue weighted by Crippen LogP contribution is -2.08. The minimum atomic E-state index is -0.275. The summed E-state index contributed by atoms with van der Waals surface area (Å²) in [5.74, 6) is 1.26. The van der Waals surface area contributed by atoms with Crippen LogP contribution in [0, 0.1) is 0 Å². The van der Waals surface area contributed by atoms with Gasteiger partial charge in [-0.05, 0) is 53.5 Å². The zero-order valence-electron chi connectivity index (χ0n) is 15.8. The highest BCUT2D eigenvalue weighted by Crippen LogP contribution is 2.30. The van der Waals surface area contributed by atoms with Gasteiger partial charge in [0.25, 0.3) is 0 Å². The third-order valence-corrected chi connectivity index (χ3v) is 4.69. The third kappa shape index (κ3) is 4.91. The number of carbonyl (C=O) groups excluding carboxylic acids is 1. The summed E-state index contributed by atoms with van der Waals surface area (Å²) < 4.78 is 5.53. The predicted molar refractivity (Wildman–Crippen MR) is 113 cm³/mol. The quantitative estimate of drug-likeness (QED) is 0.513. The first-order valence-corrected chi connectivity index (χ1v) is 9.42. The maximum atomic E-state index is 12.3. The molecule has 4 nitrogen and oxygen atoms in total. The highest BCUT2D eigenvalue weighted by atomic mass is 35.5. The number of benzene rings is 2. The molecular formula is C23H22ClNO3. The molecular weight excluding hydrogens is 374 g/mol. The Labute approximate surface area is 169 Å². The molecule has 2 aromatic carbocycles. The smallest absolute Gasteiger partial charge is 0.248 e. The standard InChI is InChI=1S/C23H22ClNO3/c1-15(2)17-6-3-16(4-7-17)5-12-23(27)25-21-13-18(8-10-20(21)24)22-11-9-19(14-26)28-22/h3-13,15,26H,14H2,1-2H3,(H,25,27)/b12-5+. The van der Waals surface area contributed by atoms with E-state index in [1.165, 1.54) is 11.6 Å². The normalized spacial score (nSPS) is 11.3. The summed E-state index contributed by atoms with van der Waals surface area (Å²) in [5, 5.41) is 12.4. The van der Waals surface area contributed by atoms with E-state index in [0.717, 1.165) is 11.1 Å². The average Bonchev–Trinajstić information content (AvgIpc) is 3.17. The molecule has 3 aromatic rings. The number of nitrogens with one attached hydrogen (secondary N) is 1. The van der Waals surface area contributed by atoms with Gasteiger partial charge in [0, 0.05) is 11.6 Å². The zero-order valence-corrected chi connectivity index (χ0v) is 16.5. The molecule has 0 saturated heterocycles. The van der Waals surface area contributed by atoms with Crippen LogP contribution in [0.4, 0.5) is 5.69 Å². The van der Waals surface area contributed by atoms with Crippen molar-refractivity contribution in [3.63, 3.8) is 0 Å². The van der Waals surface area contributed by atoms with E-state index in [1.54, 1.807) is 36.4 Å². The number of aliphatic hydroxyl groups excluding tert-OH is 1. The van der Waals surface area contributed by atoms with Crippen LogP contribution >= 0.6 is 11.6 Å². The fourth-order valence-corrected chi connectivity index (χ4v) is 2.90. The van der Waals surface area contributed by atoms with Crippen molar-refractivity contribution < 1.29 is 14.3 Å². The highest BCUT2D eigenvalue weighted by molar-refractivity contribution is 6.34. The molecule has 1 heterocycles. The predicted octanol–water partition coefficient (Wildman–Crippen LogP) is 5.87. The van der Waals surface area contributed by atoms with Crippen molar-refractivity contribution in [3.05, 3.63) is 82.6 Å². The van der Waals surface area contributed by atoms with E-state index in [-0.39, 0.29) is 12.5 Å². The van der Waals surface area contributed by atoms with E-state index < -0.39 is 0 Å². The van der Waals surface area contributed by atoms with Gasteiger partial charge in [0.2, 0.25) is 5.91 Å². The van der Waals surface area contributed by atoms with Crippen LogP contribution in [0.3, 0.4) is 0 Å². The molecule has 28 heavy (non-hydrogen) atoms. The van der Waals surface area contributed by atoms with Gasteiger partial charge in [-0.15, -0.1) is 0 Å². The van der Waals surface area contributed by atoms with Crippen molar-refractivity contribution in [2.75, 3.05) is 5.32 Å². The van der Waals surface area contributed by atoms with Gasteiger partial charge in [0.05, 0.1) is 10.7 Å². The lowest BCUT2D eigenvalue weighted by atomic mass is 10.0. The molecule has 144 valence electrons. The second kappa shape index (κ2) is 8.91. The summed E-state index contributed by atoms with van der Waals surface area (Å²) in [4.78, 5) is 12.3. The first kappa shape index (κ1) is 19.9. The second-order valence-corrected chi connectivity index (χ2v) is 7.17. The highest BCUT2D eigenvalue weighted by Gasteiger charge is 2.09. The van der Waals surface area contributed by atoms with E-state index in [0.29, 0.717) is 28.1 Å². The first-order valence-electron chi connectivity index (χ1n) is 9.05. The molecule has 5 heteroatoms. The van der Waals surface area contributed by atoms with Crippen molar-refractivity contribution in [1.29, 1.82) is 0 Å². The third-order valence-electron chi connectivity index (χ3n) is 4.36. The van der Waals surface area contributed by atoms with Gasteiger partial charge in [-0.3, -0.25) is 4.79 Å². The van der Waals surface area contributed by atoms with Crippen molar-refractivity contribution in [1.82, 2.24) is 0 Å². The summed E-state index contributed by atoms with van der Waals surface area (Å²) in [6.45, 7) is 4.12. The largest absolute Gasteiger partial charge is 0.459 e. The van der Waals surface area contributed by atoms with Crippen LogP contribution in [0.25, 0.3) is 17.4 Å². The number of furan rings is 1. The number of aliphatic hydroxyl groups is 1. The Kier molecular flexibility index (Phi) is 6.34. The van der Waals surface area contributed by atoms with Gasteiger partial charge in [-0.1, -0.05) is 49.7 Å². The Morgan fingerprint density at radius 2 is 1.89 bits per heavy atom. The Bertz CT molecular complexity index is 987.